The number of fused-ring (bicyclic) bond motifs is 1. The highest BCUT2D eigenvalue weighted by Gasteiger charge is 2.26. The van der Waals surface area contributed by atoms with E-state index < -0.39 is 0 Å². The molecule has 7 heteroatoms. The minimum Gasteiger partial charge on any atom is -0.376 e. The van der Waals surface area contributed by atoms with Crippen LogP contribution in [0.25, 0.3) is 0 Å². The van der Waals surface area contributed by atoms with Crippen LogP contribution in [0.15, 0.2) is 0 Å². The van der Waals surface area contributed by atoms with Crippen molar-refractivity contribution < 1.29 is 9.53 Å². The van der Waals surface area contributed by atoms with Gasteiger partial charge in [0.25, 0.3) is 5.91 Å². The summed E-state index contributed by atoms with van der Waals surface area (Å²) in [5, 5.41) is 9.00. The molecule has 0 fully saturated rings. The first-order chi connectivity index (χ1) is 11.9. The molecule has 0 spiro atoms. The number of carbonyl (C=O) groups excluding carboxylic acids is 1. The van der Waals surface area contributed by atoms with Gasteiger partial charge in [0.15, 0.2) is 5.69 Å². The number of aryl methyl sites for hydroxylation is 3. The lowest BCUT2D eigenvalue weighted by atomic mass is 10.1. The Kier molecular flexibility index (Phi) is 4.94. The van der Waals surface area contributed by atoms with Crippen LogP contribution in [0, 0.1) is 13.8 Å². The van der Waals surface area contributed by atoms with Crippen LogP contribution in [-0.4, -0.2) is 50.6 Å². The number of hydrogen-bond acceptors (Lipinski definition) is 4. The lowest BCUT2D eigenvalue weighted by Crippen LogP contribution is -2.30. The molecule has 0 aromatic carbocycles. The molecule has 7 nitrogen and oxygen atoms in total. The number of hydrogen-bond donors (Lipinski definition) is 0. The van der Waals surface area contributed by atoms with Crippen LogP contribution in [0.5, 0.6) is 0 Å². The van der Waals surface area contributed by atoms with Crippen LogP contribution < -0.4 is 0 Å². The molecular formula is C18H27N5O2. The van der Waals surface area contributed by atoms with E-state index in [0.717, 1.165) is 36.3 Å². The second-order valence-corrected chi connectivity index (χ2v) is 6.64. The monoisotopic (exact) mass is 345 g/mol. The molecule has 1 aliphatic heterocycles. The maximum atomic E-state index is 12.9. The smallest absolute Gasteiger partial charge is 0.274 e. The summed E-state index contributed by atoms with van der Waals surface area (Å²) in [4.78, 5) is 14.6. The molecule has 0 bridgehead atoms. The molecule has 0 atom stereocenters. The Hall–Kier alpha value is -2.15. The maximum Gasteiger partial charge on any atom is 0.274 e. The third-order valence-corrected chi connectivity index (χ3v) is 5.08. The average molecular weight is 345 g/mol. The number of likely N-dealkylation sites (N-methyl/N-ethyl adjacent to an activating group) is 1. The fourth-order valence-electron chi connectivity index (χ4n) is 3.55. The molecule has 3 heterocycles. The van der Waals surface area contributed by atoms with Gasteiger partial charge in [0.05, 0.1) is 18.9 Å². The zero-order valence-corrected chi connectivity index (χ0v) is 15.8. The third-order valence-electron chi connectivity index (χ3n) is 5.08. The summed E-state index contributed by atoms with van der Waals surface area (Å²) in [7, 11) is 3.73. The minimum atomic E-state index is -0.0412. The summed E-state index contributed by atoms with van der Waals surface area (Å²) in [6.07, 6.45) is 1.61. The number of amides is 1. The molecule has 0 radical (unpaired) electrons. The predicted octanol–water partition coefficient (Wildman–Crippen LogP) is 1.64. The molecule has 0 aliphatic carbocycles. The average Bonchev–Trinajstić information content (AvgIpc) is 3.09. The summed E-state index contributed by atoms with van der Waals surface area (Å²) >= 11 is 0. The lowest BCUT2D eigenvalue weighted by Gasteiger charge is -2.18. The Labute approximate surface area is 148 Å². The summed E-state index contributed by atoms with van der Waals surface area (Å²) < 4.78 is 9.35. The lowest BCUT2D eigenvalue weighted by molar-refractivity contribution is 0.0776. The molecule has 2 aromatic heterocycles. The van der Waals surface area contributed by atoms with E-state index in [1.807, 2.05) is 30.4 Å². The molecule has 0 N–H and O–H groups in total. The Balaban J connectivity index is 1.73. The van der Waals surface area contributed by atoms with Gasteiger partial charge in [0, 0.05) is 50.6 Å². The predicted molar refractivity (Wildman–Crippen MR) is 94.6 cm³/mol. The summed E-state index contributed by atoms with van der Waals surface area (Å²) in [6.45, 7) is 8.88. The van der Waals surface area contributed by atoms with E-state index in [-0.39, 0.29) is 5.91 Å². The van der Waals surface area contributed by atoms with Gasteiger partial charge in [-0.1, -0.05) is 0 Å². The Morgan fingerprint density at radius 2 is 2.08 bits per heavy atom. The van der Waals surface area contributed by atoms with Gasteiger partial charge in [-0.05, 0) is 32.8 Å². The fraction of sp³-hybridized carbons (Fsp3) is 0.611. The van der Waals surface area contributed by atoms with Crippen molar-refractivity contribution in [2.75, 3.05) is 20.2 Å². The van der Waals surface area contributed by atoms with Gasteiger partial charge in [-0.25, -0.2) is 0 Å². The van der Waals surface area contributed by atoms with E-state index in [2.05, 4.69) is 24.0 Å². The molecule has 2 aromatic rings. The minimum absolute atomic E-state index is 0.0412. The molecule has 1 aliphatic rings. The first kappa shape index (κ1) is 17.7. The molecular weight excluding hydrogens is 318 g/mol. The topological polar surface area (TPSA) is 65.2 Å². The molecule has 0 saturated carbocycles. The Morgan fingerprint density at radius 3 is 2.76 bits per heavy atom. The standard InChI is InChI=1S/C18H27N5O2/c1-6-23-13(3)14(12(2)19-23)7-9-21(4)18(24)17-15-11-25-10-8-16(15)22(5)20-17/h6-11H2,1-5H3. The third kappa shape index (κ3) is 3.20. The van der Waals surface area contributed by atoms with Gasteiger partial charge >= 0.3 is 0 Å². The van der Waals surface area contributed by atoms with Gasteiger partial charge in [-0.2, -0.15) is 10.2 Å². The van der Waals surface area contributed by atoms with E-state index in [1.165, 1.54) is 11.3 Å². The van der Waals surface area contributed by atoms with Crippen molar-refractivity contribution in [2.24, 2.45) is 7.05 Å². The van der Waals surface area contributed by atoms with Crippen molar-refractivity contribution in [2.45, 2.75) is 46.8 Å². The van der Waals surface area contributed by atoms with Crippen molar-refractivity contribution in [1.29, 1.82) is 0 Å². The second-order valence-electron chi connectivity index (χ2n) is 6.64. The zero-order valence-electron chi connectivity index (χ0n) is 15.8. The van der Waals surface area contributed by atoms with E-state index in [0.29, 0.717) is 25.5 Å². The highest BCUT2D eigenvalue weighted by molar-refractivity contribution is 5.93. The molecule has 136 valence electrons. The van der Waals surface area contributed by atoms with Crippen molar-refractivity contribution >= 4 is 5.91 Å². The van der Waals surface area contributed by atoms with E-state index >= 15 is 0 Å². The van der Waals surface area contributed by atoms with Gasteiger partial charge in [-0.3, -0.25) is 14.2 Å². The first-order valence-electron chi connectivity index (χ1n) is 8.84. The van der Waals surface area contributed by atoms with Gasteiger partial charge < -0.3 is 9.64 Å². The van der Waals surface area contributed by atoms with Crippen LogP contribution in [0.1, 0.15) is 45.6 Å². The van der Waals surface area contributed by atoms with E-state index in [9.17, 15) is 4.79 Å². The van der Waals surface area contributed by atoms with E-state index in [4.69, 9.17) is 4.74 Å². The second kappa shape index (κ2) is 7.00. The van der Waals surface area contributed by atoms with Crippen molar-refractivity contribution in [1.82, 2.24) is 24.5 Å². The van der Waals surface area contributed by atoms with Crippen LogP contribution in [0.2, 0.25) is 0 Å². The molecule has 25 heavy (non-hydrogen) atoms. The van der Waals surface area contributed by atoms with Crippen molar-refractivity contribution in [3.63, 3.8) is 0 Å². The highest BCUT2D eigenvalue weighted by atomic mass is 16.5. The van der Waals surface area contributed by atoms with Crippen molar-refractivity contribution in [3.8, 4) is 0 Å². The van der Waals surface area contributed by atoms with E-state index in [1.54, 1.807) is 4.90 Å². The van der Waals surface area contributed by atoms with Gasteiger partial charge in [0.1, 0.15) is 0 Å². The largest absolute Gasteiger partial charge is 0.376 e. The number of carbonyl (C=O) groups is 1. The fourth-order valence-corrected chi connectivity index (χ4v) is 3.55. The van der Waals surface area contributed by atoms with Gasteiger partial charge in [0.2, 0.25) is 0 Å². The normalized spacial score (nSPS) is 13.8. The van der Waals surface area contributed by atoms with Crippen LogP contribution in [0.4, 0.5) is 0 Å². The van der Waals surface area contributed by atoms with Crippen LogP contribution >= 0.6 is 0 Å². The molecule has 3 rings (SSSR count). The van der Waals surface area contributed by atoms with Crippen LogP contribution in [0.3, 0.4) is 0 Å². The van der Waals surface area contributed by atoms with Crippen LogP contribution in [-0.2, 0) is 37.8 Å². The Morgan fingerprint density at radius 1 is 1.32 bits per heavy atom. The SMILES string of the molecule is CCn1nc(C)c(CCN(C)C(=O)c2nn(C)c3c2COCC3)c1C. The summed E-state index contributed by atoms with van der Waals surface area (Å²) in [5.74, 6) is -0.0412. The maximum absolute atomic E-state index is 12.9. The summed E-state index contributed by atoms with van der Waals surface area (Å²) in [5.41, 5.74) is 6.04. The molecule has 1 amide bonds. The number of ether oxygens (including phenoxy) is 1. The number of nitrogens with zero attached hydrogens (tertiary/aromatic N) is 5. The first-order valence-corrected chi connectivity index (χ1v) is 8.84. The molecule has 0 unspecified atom stereocenters. The number of rotatable bonds is 5. The highest BCUT2D eigenvalue weighted by Crippen LogP contribution is 2.21. The van der Waals surface area contributed by atoms with Gasteiger partial charge in [-0.15, -0.1) is 0 Å². The Bertz CT molecular complexity index is 790. The molecule has 0 saturated heterocycles. The quantitative estimate of drug-likeness (QED) is 0.826. The summed E-state index contributed by atoms with van der Waals surface area (Å²) in [6, 6.07) is 0. The van der Waals surface area contributed by atoms with Crippen molar-refractivity contribution in [3.05, 3.63) is 33.9 Å². The zero-order chi connectivity index (χ0) is 18.1. The number of aromatic nitrogens is 4.